The molecule has 76 valence electrons. The summed E-state index contributed by atoms with van der Waals surface area (Å²) in [7, 11) is 0. The highest BCUT2D eigenvalue weighted by molar-refractivity contribution is 5.24. The van der Waals surface area contributed by atoms with E-state index in [0.29, 0.717) is 5.69 Å². The summed E-state index contributed by atoms with van der Waals surface area (Å²) >= 11 is 0. The summed E-state index contributed by atoms with van der Waals surface area (Å²) in [5.74, 6) is -2.78. The minimum absolute atomic E-state index is 0.0387. The highest BCUT2D eigenvalue weighted by Crippen LogP contribution is 2.37. The second-order valence-electron chi connectivity index (χ2n) is 3.60. The maximum atomic E-state index is 12.8. The second-order valence-corrected chi connectivity index (χ2v) is 3.60. The number of nitrogens with one attached hydrogen (secondary N) is 1. The number of hydrogen-bond donors (Lipinski definition) is 2. The van der Waals surface area contributed by atoms with Gasteiger partial charge in [0.2, 0.25) is 0 Å². The number of aromatic nitrogens is 1. The first-order chi connectivity index (χ1) is 6.52. The summed E-state index contributed by atoms with van der Waals surface area (Å²) in [6.07, 6.45) is 3.32. The molecule has 1 unspecified atom stereocenters. The predicted octanol–water partition coefficient (Wildman–Crippen LogP) is 2.19. The maximum Gasteiger partial charge on any atom is 0.266 e. The molecule has 2 nitrogen and oxygen atoms in total. The van der Waals surface area contributed by atoms with Gasteiger partial charge < -0.3 is 10.1 Å². The molecule has 2 N–H and O–H groups in total. The fourth-order valence-corrected chi connectivity index (χ4v) is 1.61. The van der Waals surface area contributed by atoms with Crippen LogP contribution in [-0.4, -0.2) is 16.0 Å². The van der Waals surface area contributed by atoms with Gasteiger partial charge in [-0.3, -0.25) is 0 Å². The summed E-state index contributed by atoms with van der Waals surface area (Å²) in [5, 5.41) is 10.0. The van der Waals surface area contributed by atoms with Crippen molar-refractivity contribution in [2.24, 2.45) is 0 Å². The SMILES string of the molecule is OC1(c2ccc[nH]2)C=CC(F)(F)CC1. The molecule has 0 fully saturated rings. The zero-order valence-electron chi connectivity index (χ0n) is 7.50. The summed E-state index contributed by atoms with van der Waals surface area (Å²) < 4.78 is 25.6. The van der Waals surface area contributed by atoms with E-state index in [4.69, 9.17) is 0 Å². The van der Waals surface area contributed by atoms with E-state index in [1.807, 2.05) is 0 Å². The van der Waals surface area contributed by atoms with Crippen LogP contribution >= 0.6 is 0 Å². The fourth-order valence-electron chi connectivity index (χ4n) is 1.61. The number of H-pyrrole nitrogens is 1. The van der Waals surface area contributed by atoms with E-state index in [2.05, 4.69) is 4.98 Å². The molecule has 0 saturated carbocycles. The lowest BCUT2D eigenvalue weighted by molar-refractivity contribution is -0.0151. The monoisotopic (exact) mass is 199 g/mol. The molecule has 0 aromatic carbocycles. The minimum atomic E-state index is -2.78. The molecule has 1 aromatic heterocycles. The first-order valence-electron chi connectivity index (χ1n) is 4.46. The molecular weight excluding hydrogens is 188 g/mol. The van der Waals surface area contributed by atoms with E-state index in [1.54, 1.807) is 18.3 Å². The molecule has 1 heterocycles. The van der Waals surface area contributed by atoms with Gasteiger partial charge in [0, 0.05) is 12.6 Å². The normalized spacial score (nSPS) is 30.5. The zero-order valence-corrected chi connectivity index (χ0v) is 7.50. The van der Waals surface area contributed by atoms with Crippen molar-refractivity contribution in [1.82, 2.24) is 4.98 Å². The van der Waals surface area contributed by atoms with Gasteiger partial charge in [-0.15, -0.1) is 0 Å². The molecule has 0 spiro atoms. The van der Waals surface area contributed by atoms with Gasteiger partial charge in [-0.05, 0) is 30.7 Å². The van der Waals surface area contributed by atoms with Crippen LogP contribution in [0.3, 0.4) is 0 Å². The van der Waals surface area contributed by atoms with Crippen LogP contribution in [0.5, 0.6) is 0 Å². The lowest BCUT2D eigenvalue weighted by atomic mass is 9.87. The Morgan fingerprint density at radius 2 is 2.07 bits per heavy atom. The van der Waals surface area contributed by atoms with E-state index in [9.17, 15) is 13.9 Å². The van der Waals surface area contributed by atoms with Crippen molar-refractivity contribution < 1.29 is 13.9 Å². The molecule has 0 radical (unpaired) electrons. The molecule has 1 aliphatic carbocycles. The first-order valence-corrected chi connectivity index (χ1v) is 4.46. The van der Waals surface area contributed by atoms with Crippen LogP contribution in [0.15, 0.2) is 30.5 Å². The van der Waals surface area contributed by atoms with E-state index < -0.39 is 11.5 Å². The Morgan fingerprint density at radius 1 is 1.29 bits per heavy atom. The molecule has 1 aliphatic rings. The van der Waals surface area contributed by atoms with Gasteiger partial charge in [-0.25, -0.2) is 8.78 Å². The molecule has 0 aliphatic heterocycles. The average Bonchev–Trinajstić information content (AvgIpc) is 2.64. The van der Waals surface area contributed by atoms with Crippen molar-refractivity contribution in [3.63, 3.8) is 0 Å². The summed E-state index contributed by atoms with van der Waals surface area (Å²) in [6, 6.07) is 3.42. The number of aromatic amines is 1. The third-order valence-corrected chi connectivity index (χ3v) is 2.51. The number of alkyl halides is 2. The number of allylic oxidation sites excluding steroid dienone is 1. The van der Waals surface area contributed by atoms with Gasteiger partial charge >= 0.3 is 0 Å². The Balaban J connectivity index is 2.29. The Hall–Kier alpha value is -1.16. The van der Waals surface area contributed by atoms with Crippen molar-refractivity contribution in [3.8, 4) is 0 Å². The van der Waals surface area contributed by atoms with Crippen molar-refractivity contribution in [2.45, 2.75) is 24.4 Å². The Morgan fingerprint density at radius 3 is 2.57 bits per heavy atom. The van der Waals surface area contributed by atoms with Crippen LogP contribution in [0.1, 0.15) is 18.5 Å². The number of aliphatic hydroxyl groups is 1. The molecular formula is C10H11F2NO. The smallest absolute Gasteiger partial charge is 0.266 e. The lowest BCUT2D eigenvalue weighted by Crippen LogP contribution is -2.31. The molecule has 2 rings (SSSR count). The van der Waals surface area contributed by atoms with Crippen LogP contribution in [0.4, 0.5) is 8.78 Å². The summed E-state index contributed by atoms with van der Waals surface area (Å²) in [4.78, 5) is 2.83. The minimum Gasteiger partial charge on any atom is -0.379 e. The molecule has 4 heteroatoms. The number of rotatable bonds is 1. The Bertz CT molecular complexity index is 345. The largest absolute Gasteiger partial charge is 0.379 e. The highest BCUT2D eigenvalue weighted by Gasteiger charge is 2.38. The van der Waals surface area contributed by atoms with Crippen LogP contribution in [0.25, 0.3) is 0 Å². The van der Waals surface area contributed by atoms with Gasteiger partial charge in [0.15, 0.2) is 0 Å². The highest BCUT2D eigenvalue weighted by atomic mass is 19.3. The van der Waals surface area contributed by atoms with Gasteiger partial charge in [-0.1, -0.05) is 0 Å². The Kier molecular flexibility index (Phi) is 1.96. The molecule has 14 heavy (non-hydrogen) atoms. The van der Waals surface area contributed by atoms with Gasteiger partial charge in [0.05, 0.1) is 5.69 Å². The van der Waals surface area contributed by atoms with E-state index in [-0.39, 0.29) is 12.8 Å². The maximum absolute atomic E-state index is 12.8. The summed E-state index contributed by atoms with van der Waals surface area (Å²) in [6.45, 7) is 0. The second kappa shape index (κ2) is 2.92. The van der Waals surface area contributed by atoms with Gasteiger partial charge in [0.25, 0.3) is 5.92 Å². The molecule has 0 saturated heterocycles. The van der Waals surface area contributed by atoms with Crippen molar-refractivity contribution in [1.29, 1.82) is 0 Å². The van der Waals surface area contributed by atoms with Crippen LogP contribution in [0, 0.1) is 0 Å². The van der Waals surface area contributed by atoms with Crippen LogP contribution in [0.2, 0.25) is 0 Å². The van der Waals surface area contributed by atoms with Gasteiger partial charge in [-0.2, -0.15) is 0 Å². The molecule has 0 amide bonds. The number of hydrogen-bond acceptors (Lipinski definition) is 1. The quantitative estimate of drug-likeness (QED) is 0.668. The number of halogens is 2. The molecule has 1 atom stereocenters. The lowest BCUT2D eigenvalue weighted by Gasteiger charge is -2.29. The van der Waals surface area contributed by atoms with Crippen molar-refractivity contribution in [3.05, 3.63) is 36.2 Å². The van der Waals surface area contributed by atoms with Crippen LogP contribution < -0.4 is 0 Å². The predicted molar refractivity (Wildman–Crippen MR) is 48.0 cm³/mol. The summed E-state index contributed by atoms with van der Waals surface area (Å²) in [5.41, 5.74) is -0.699. The molecule has 0 bridgehead atoms. The standard InChI is InChI=1S/C10H11F2NO/c11-10(12)5-3-9(14,4-6-10)8-2-1-7-13-8/h1-3,5,7,13-14H,4,6H2. The third-order valence-electron chi connectivity index (χ3n) is 2.51. The zero-order chi connectivity index (χ0) is 10.2. The van der Waals surface area contributed by atoms with E-state index in [1.165, 1.54) is 6.08 Å². The van der Waals surface area contributed by atoms with Crippen molar-refractivity contribution >= 4 is 0 Å². The van der Waals surface area contributed by atoms with E-state index in [0.717, 1.165) is 6.08 Å². The van der Waals surface area contributed by atoms with Gasteiger partial charge in [0.1, 0.15) is 5.60 Å². The fraction of sp³-hybridized carbons (Fsp3) is 0.400. The first kappa shape index (κ1) is 9.40. The van der Waals surface area contributed by atoms with Crippen molar-refractivity contribution in [2.75, 3.05) is 0 Å². The third kappa shape index (κ3) is 1.57. The average molecular weight is 199 g/mol. The molecule has 1 aromatic rings. The Labute approximate surface area is 80.3 Å². The topological polar surface area (TPSA) is 36.0 Å². The van der Waals surface area contributed by atoms with E-state index >= 15 is 0 Å². The van der Waals surface area contributed by atoms with Crippen LogP contribution in [-0.2, 0) is 5.60 Å².